The van der Waals surface area contributed by atoms with Crippen LogP contribution in [-0.4, -0.2) is 18.9 Å². The van der Waals surface area contributed by atoms with Gasteiger partial charge in [-0.1, -0.05) is 114 Å². The highest BCUT2D eigenvalue weighted by molar-refractivity contribution is 6.98. The quantitative estimate of drug-likeness (QED) is 0.382. The molecule has 1 N–H and O–H groups in total. The van der Waals surface area contributed by atoms with Gasteiger partial charge in [0.25, 0.3) is 8.32 Å². The Morgan fingerprint density at radius 1 is 0.972 bits per heavy atom. The summed E-state index contributed by atoms with van der Waals surface area (Å²) in [5.74, 6) is 0.0226. The Bertz CT molecular complexity index is 1060. The normalized spacial score (nSPS) is 21.6. The third-order valence-electron chi connectivity index (χ3n) is 8.79. The van der Waals surface area contributed by atoms with Gasteiger partial charge < -0.3 is 4.80 Å². The molecule has 0 radical (unpaired) electrons. The average Bonchev–Trinajstić information content (AvgIpc) is 2.87. The first-order chi connectivity index (χ1) is 16.9. The minimum Gasteiger partial charge on any atom is -0.424 e. The SMILES string of the molecule is CCCC[C@@](C)(C#N)C[C@@H]1C(=O)C=C[C@@H](CC(C)(C)[Si](O)(c2ccccc2)c2ccccc2)C1(C)C. The van der Waals surface area contributed by atoms with E-state index in [-0.39, 0.29) is 23.0 Å². The molecule has 36 heavy (non-hydrogen) atoms. The van der Waals surface area contributed by atoms with Gasteiger partial charge in [-0.05, 0) is 59.0 Å². The highest BCUT2D eigenvalue weighted by Crippen LogP contribution is 2.52. The van der Waals surface area contributed by atoms with Crippen LogP contribution in [0.2, 0.25) is 5.04 Å². The predicted octanol–water partition coefficient (Wildman–Crippen LogP) is 6.42. The van der Waals surface area contributed by atoms with Gasteiger partial charge in [-0.15, -0.1) is 0 Å². The summed E-state index contributed by atoms with van der Waals surface area (Å²) < 4.78 is 0. The van der Waals surface area contributed by atoms with Gasteiger partial charge in [-0.25, -0.2) is 0 Å². The molecule has 3 rings (SSSR count). The maximum Gasteiger partial charge on any atom is 0.258 e. The number of nitrogens with zero attached hydrogens (tertiary/aromatic N) is 1. The number of hydrogen-bond donors (Lipinski definition) is 1. The maximum atomic E-state index is 13.2. The molecular formula is C32H43NO2Si. The molecule has 2 aromatic carbocycles. The molecule has 3 nitrogen and oxygen atoms in total. The lowest BCUT2D eigenvalue weighted by atomic mass is 9.58. The monoisotopic (exact) mass is 501 g/mol. The van der Waals surface area contributed by atoms with Crippen molar-refractivity contribution in [3.63, 3.8) is 0 Å². The summed E-state index contributed by atoms with van der Waals surface area (Å²) in [4.78, 5) is 25.8. The number of allylic oxidation sites excluding steroid dienone is 2. The fourth-order valence-corrected chi connectivity index (χ4v) is 9.88. The molecule has 0 aliphatic heterocycles. The maximum absolute atomic E-state index is 13.2. The molecule has 4 heteroatoms. The number of carbonyl (C=O) groups is 1. The number of hydrogen-bond acceptors (Lipinski definition) is 3. The molecule has 0 spiro atoms. The molecule has 1 aliphatic rings. The van der Waals surface area contributed by atoms with Gasteiger partial charge in [-0.2, -0.15) is 5.26 Å². The van der Waals surface area contributed by atoms with E-state index in [0.717, 1.165) is 36.1 Å². The number of benzene rings is 2. The summed E-state index contributed by atoms with van der Waals surface area (Å²) in [6, 6.07) is 22.8. The molecule has 0 fully saturated rings. The minimum atomic E-state index is -3.16. The third-order valence-corrected chi connectivity index (χ3v) is 13.3. The molecule has 0 heterocycles. The van der Waals surface area contributed by atoms with Gasteiger partial charge in [0.15, 0.2) is 5.78 Å². The third kappa shape index (κ3) is 5.43. The molecule has 0 unspecified atom stereocenters. The summed E-state index contributed by atoms with van der Waals surface area (Å²) >= 11 is 0. The van der Waals surface area contributed by atoms with E-state index in [4.69, 9.17) is 0 Å². The Kier molecular flexibility index (Phi) is 8.48. The van der Waals surface area contributed by atoms with E-state index in [1.807, 2.05) is 43.3 Å². The fourth-order valence-electron chi connectivity index (χ4n) is 6.12. The van der Waals surface area contributed by atoms with E-state index < -0.39 is 18.8 Å². The van der Waals surface area contributed by atoms with Crippen molar-refractivity contribution in [2.75, 3.05) is 0 Å². The van der Waals surface area contributed by atoms with Crippen LogP contribution in [0.15, 0.2) is 72.8 Å². The molecule has 192 valence electrons. The van der Waals surface area contributed by atoms with Crippen molar-refractivity contribution < 1.29 is 9.59 Å². The zero-order valence-corrected chi connectivity index (χ0v) is 23.9. The molecule has 0 bridgehead atoms. The highest BCUT2D eigenvalue weighted by Gasteiger charge is 2.54. The zero-order valence-electron chi connectivity index (χ0n) is 22.9. The second-order valence-electron chi connectivity index (χ2n) is 12.3. The van der Waals surface area contributed by atoms with Crippen molar-refractivity contribution in [2.24, 2.45) is 22.7 Å². The van der Waals surface area contributed by atoms with Crippen molar-refractivity contribution in [3.8, 4) is 6.07 Å². The Balaban J connectivity index is 1.99. The first-order valence-corrected chi connectivity index (χ1v) is 15.3. The van der Waals surface area contributed by atoms with E-state index >= 15 is 0 Å². The Morgan fingerprint density at radius 2 is 1.50 bits per heavy atom. The van der Waals surface area contributed by atoms with Crippen molar-refractivity contribution in [3.05, 3.63) is 72.8 Å². The number of nitriles is 1. The summed E-state index contributed by atoms with van der Waals surface area (Å²) in [7, 11) is -3.16. The van der Waals surface area contributed by atoms with Crippen LogP contribution in [0.3, 0.4) is 0 Å². The van der Waals surface area contributed by atoms with Crippen LogP contribution in [-0.2, 0) is 4.79 Å². The molecule has 3 atom stereocenters. The van der Waals surface area contributed by atoms with Gasteiger partial charge >= 0.3 is 0 Å². The largest absolute Gasteiger partial charge is 0.424 e. The number of unbranched alkanes of at least 4 members (excludes halogenated alkanes) is 1. The van der Waals surface area contributed by atoms with Crippen molar-refractivity contribution in [2.45, 2.75) is 78.7 Å². The van der Waals surface area contributed by atoms with Gasteiger partial charge in [0, 0.05) is 5.92 Å². The smallest absolute Gasteiger partial charge is 0.258 e. The summed E-state index contributed by atoms with van der Waals surface area (Å²) in [6.45, 7) is 12.9. The van der Waals surface area contributed by atoms with Gasteiger partial charge in [0.2, 0.25) is 0 Å². The van der Waals surface area contributed by atoms with Gasteiger partial charge in [0.1, 0.15) is 0 Å². The van der Waals surface area contributed by atoms with Crippen LogP contribution in [0.5, 0.6) is 0 Å². The molecule has 2 aromatic rings. The topological polar surface area (TPSA) is 61.1 Å². The molecule has 1 aliphatic carbocycles. The van der Waals surface area contributed by atoms with Crippen molar-refractivity contribution in [1.29, 1.82) is 5.26 Å². The van der Waals surface area contributed by atoms with Crippen LogP contribution in [0, 0.1) is 34.0 Å². The summed E-state index contributed by atoms with van der Waals surface area (Å²) in [5, 5.41) is 11.6. The molecule has 0 saturated heterocycles. The van der Waals surface area contributed by atoms with Crippen molar-refractivity contribution in [1.82, 2.24) is 0 Å². The van der Waals surface area contributed by atoms with E-state index in [9.17, 15) is 14.9 Å². The Morgan fingerprint density at radius 3 is 1.97 bits per heavy atom. The van der Waals surface area contributed by atoms with E-state index in [0.29, 0.717) is 6.42 Å². The number of rotatable bonds is 10. The molecular weight excluding hydrogens is 458 g/mol. The van der Waals surface area contributed by atoms with Crippen molar-refractivity contribution >= 4 is 24.5 Å². The molecule has 0 saturated carbocycles. The van der Waals surface area contributed by atoms with Crippen LogP contribution in [0.25, 0.3) is 0 Å². The lowest BCUT2D eigenvalue weighted by Crippen LogP contribution is -2.66. The van der Waals surface area contributed by atoms with Crippen LogP contribution in [0.1, 0.15) is 73.6 Å². The first kappa shape index (κ1) is 28.1. The molecule has 0 amide bonds. The van der Waals surface area contributed by atoms with Crippen LogP contribution < -0.4 is 10.4 Å². The van der Waals surface area contributed by atoms with Crippen LogP contribution in [0.4, 0.5) is 0 Å². The lowest BCUT2D eigenvalue weighted by Gasteiger charge is -2.49. The van der Waals surface area contributed by atoms with Gasteiger partial charge in [-0.3, -0.25) is 4.79 Å². The lowest BCUT2D eigenvalue weighted by molar-refractivity contribution is -0.125. The second kappa shape index (κ2) is 10.9. The second-order valence-corrected chi connectivity index (χ2v) is 16.2. The standard InChI is InChI=1S/C32H43NO2Si/c1-7-8-21-32(6,24-33)23-28-29(34)20-19-25(31(28,4)5)22-30(2,3)36(35,26-15-11-9-12-16-26)27-17-13-10-14-18-27/h9-20,25,28,35H,7-8,21-23H2,1-6H3/t25-,28+,32+/m0/s1. The average molecular weight is 502 g/mol. The fraction of sp³-hybridized carbons (Fsp3) is 0.500. The van der Waals surface area contributed by atoms with E-state index in [1.54, 1.807) is 6.08 Å². The highest BCUT2D eigenvalue weighted by atomic mass is 28.4. The summed E-state index contributed by atoms with van der Waals surface area (Å²) in [5.41, 5.74) is -0.835. The van der Waals surface area contributed by atoms with Gasteiger partial charge in [0.05, 0.1) is 11.5 Å². The Hall–Kier alpha value is -2.48. The van der Waals surface area contributed by atoms with E-state index in [1.165, 1.54) is 0 Å². The summed E-state index contributed by atoms with van der Waals surface area (Å²) in [6.07, 6.45) is 8.00. The minimum absolute atomic E-state index is 0.107. The van der Waals surface area contributed by atoms with E-state index in [2.05, 4.69) is 71.0 Å². The number of carbonyl (C=O) groups excluding carboxylic acids is 1. The molecule has 0 aromatic heterocycles. The number of ketones is 1. The predicted molar refractivity (Wildman–Crippen MR) is 152 cm³/mol. The Labute approximate surface area is 219 Å². The first-order valence-electron chi connectivity index (χ1n) is 13.4. The van der Waals surface area contributed by atoms with Crippen LogP contribution >= 0.6 is 0 Å². The zero-order chi connectivity index (χ0) is 26.6.